The molecule has 96 valence electrons. The maximum absolute atomic E-state index is 8.91. The Morgan fingerprint density at radius 3 is 2.94 bits per heavy atom. The highest BCUT2D eigenvalue weighted by Gasteiger charge is 2.02. The van der Waals surface area contributed by atoms with Gasteiger partial charge >= 0.3 is 0 Å². The average Bonchev–Trinajstić information content (AvgIpc) is 2.82. The zero-order chi connectivity index (χ0) is 13.0. The van der Waals surface area contributed by atoms with E-state index in [1.54, 1.807) is 11.3 Å². The topological polar surface area (TPSA) is 42.4 Å². The van der Waals surface area contributed by atoms with E-state index >= 15 is 0 Å². The summed E-state index contributed by atoms with van der Waals surface area (Å²) in [5, 5.41) is 12.5. The summed E-state index contributed by atoms with van der Waals surface area (Å²) < 4.78 is 5.63. The fourth-order valence-electron chi connectivity index (χ4n) is 1.50. The van der Waals surface area contributed by atoms with Gasteiger partial charge in [0, 0.05) is 16.8 Å². The monoisotopic (exact) mass is 283 g/mol. The molecule has 0 atom stereocenters. The van der Waals surface area contributed by atoms with Gasteiger partial charge in [-0.05, 0) is 30.7 Å². The van der Waals surface area contributed by atoms with E-state index in [-0.39, 0.29) is 6.61 Å². The van der Waals surface area contributed by atoms with Crippen LogP contribution in [-0.4, -0.2) is 16.7 Å². The minimum absolute atomic E-state index is 0.00621. The average molecular weight is 284 g/mol. The number of hydrogen-bond donors (Lipinski definition) is 1. The van der Waals surface area contributed by atoms with Crippen LogP contribution in [0, 0.1) is 6.92 Å². The summed E-state index contributed by atoms with van der Waals surface area (Å²) in [6, 6.07) is 5.61. The number of benzene rings is 1. The zero-order valence-electron chi connectivity index (χ0n) is 10.0. The van der Waals surface area contributed by atoms with Crippen molar-refractivity contribution in [3.8, 4) is 5.75 Å². The SMILES string of the molecule is Cc1cc(OCCc2nc(CO)cs2)ccc1Cl. The lowest BCUT2D eigenvalue weighted by atomic mass is 10.2. The smallest absolute Gasteiger partial charge is 0.119 e. The molecule has 0 amide bonds. The summed E-state index contributed by atoms with van der Waals surface area (Å²) in [6.45, 7) is 2.51. The van der Waals surface area contributed by atoms with E-state index in [0.29, 0.717) is 6.61 Å². The molecule has 0 saturated heterocycles. The highest BCUT2D eigenvalue weighted by Crippen LogP contribution is 2.21. The maximum atomic E-state index is 8.91. The van der Waals surface area contributed by atoms with Crippen LogP contribution in [0.2, 0.25) is 5.02 Å². The van der Waals surface area contributed by atoms with Crippen molar-refractivity contribution in [3.05, 3.63) is 44.9 Å². The fraction of sp³-hybridized carbons (Fsp3) is 0.308. The Morgan fingerprint density at radius 2 is 2.28 bits per heavy atom. The van der Waals surface area contributed by atoms with Crippen LogP contribution >= 0.6 is 22.9 Å². The third kappa shape index (κ3) is 3.45. The van der Waals surface area contributed by atoms with Gasteiger partial charge in [-0.2, -0.15) is 0 Å². The van der Waals surface area contributed by atoms with Gasteiger partial charge in [-0.3, -0.25) is 0 Å². The van der Waals surface area contributed by atoms with Crippen molar-refractivity contribution in [2.45, 2.75) is 20.0 Å². The molecule has 0 aliphatic carbocycles. The van der Waals surface area contributed by atoms with Gasteiger partial charge in [0.15, 0.2) is 0 Å². The molecule has 2 rings (SSSR count). The number of thiazole rings is 1. The molecule has 3 nitrogen and oxygen atoms in total. The van der Waals surface area contributed by atoms with E-state index in [0.717, 1.165) is 33.5 Å². The van der Waals surface area contributed by atoms with Crippen LogP contribution in [0.5, 0.6) is 5.75 Å². The fourth-order valence-corrected chi connectivity index (χ4v) is 2.39. The van der Waals surface area contributed by atoms with Gasteiger partial charge in [-0.1, -0.05) is 11.6 Å². The lowest BCUT2D eigenvalue weighted by Gasteiger charge is -2.06. The Hall–Kier alpha value is -1.10. The van der Waals surface area contributed by atoms with Crippen molar-refractivity contribution in [2.75, 3.05) is 6.61 Å². The molecule has 5 heteroatoms. The van der Waals surface area contributed by atoms with Gasteiger partial charge in [0.1, 0.15) is 5.75 Å². The first-order valence-corrected chi connectivity index (χ1v) is 6.88. The van der Waals surface area contributed by atoms with Crippen molar-refractivity contribution >= 4 is 22.9 Å². The van der Waals surface area contributed by atoms with Crippen molar-refractivity contribution in [1.82, 2.24) is 4.98 Å². The van der Waals surface area contributed by atoms with Crippen molar-refractivity contribution in [1.29, 1.82) is 0 Å². The molecule has 0 fully saturated rings. The van der Waals surface area contributed by atoms with Gasteiger partial charge in [-0.15, -0.1) is 11.3 Å². The van der Waals surface area contributed by atoms with E-state index < -0.39 is 0 Å². The van der Waals surface area contributed by atoms with E-state index in [2.05, 4.69) is 4.98 Å². The molecule has 1 heterocycles. The number of rotatable bonds is 5. The normalized spacial score (nSPS) is 10.6. The molecule has 0 radical (unpaired) electrons. The summed E-state index contributed by atoms with van der Waals surface area (Å²) in [5.41, 5.74) is 1.73. The van der Waals surface area contributed by atoms with E-state index in [9.17, 15) is 0 Å². The van der Waals surface area contributed by atoms with Crippen molar-refractivity contribution in [3.63, 3.8) is 0 Å². The minimum Gasteiger partial charge on any atom is -0.493 e. The second-order valence-corrected chi connectivity index (χ2v) is 5.25. The Morgan fingerprint density at radius 1 is 1.44 bits per heavy atom. The van der Waals surface area contributed by atoms with Crippen LogP contribution in [0.25, 0.3) is 0 Å². The lowest BCUT2D eigenvalue weighted by Crippen LogP contribution is -2.01. The van der Waals surface area contributed by atoms with Crippen LogP contribution < -0.4 is 4.74 Å². The molecule has 1 N–H and O–H groups in total. The highest BCUT2D eigenvalue weighted by atomic mass is 35.5. The Labute approximate surface area is 115 Å². The molecular weight excluding hydrogens is 270 g/mol. The van der Waals surface area contributed by atoms with Crippen LogP contribution in [0.1, 0.15) is 16.3 Å². The van der Waals surface area contributed by atoms with Crippen molar-refractivity contribution < 1.29 is 9.84 Å². The molecule has 0 aliphatic rings. The Bertz CT molecular complexity index is 527. The van der Waals surface area contributed by atoms with Crippen LogP contribution in [0.15, 0.2) is 23.6 Å². The predicted molar refractivity (Wildman–Crippen MR) is 73.4 cm³/mol. The molecule has 0 saturated carbocycles. The quantitative estimate of drug-likeness (QED) is 0.916. The van der Waals surface area contributed by atoms with E-state index in [1.165, 1.54) is 0 Å². The van der Waals surface area contributed by atoms with Gasteiger partial charge in [0.05, 0.1) is 23.9 Å². The lowest BCUT2D eigenvalue weighted by molar-refractivity contribution is 0.277. The van der Waals surface area contributed by atoms with Gasteiger partial charge < -0.3 is 9.84 Å². The Kier molecular flexibility index (Phi) is 4.58. The van der Waals surface area contributed by atoms with Crippen molar-refractivity contribution in [2.24, 2.45) is 0 Å². The largest absolute Gasteiger partial charge is 0.493 e. The number of nitrogens with zero attached hydrogens (tertiary/aromatic N) is 1. The van der Waals surface area contributed by atoms with E-state index in [1.807, 2.05) is 30.5 Å². The van der Waals surface area contributed by atoms with Gasteiger partial charge in [-0.25, -0.2) is 4.98 Å². The van der Waals surface area contributed by atoms with E-state index in [4.69, 9.17) is 21.4 Å². The predicted octanol–water partition coefficient (Wildman–Crippen LogP) is 3.22. The Balaban J connectivity index is 1.86. The highest BCUT2D eigenvalue weighted by molar-refractivity contribution is 7.09. The summed E-state index contributed by atoms with van der Waals surface area (Å²) in [5.74, 6) is 0.816. The molecule has 0 bridgehead atoms. The number of aryl methyl sites for hydroxylation is 1. The molecule has 0 spiro atoms. The molecular formula is C13H14ClNO2S. The minimum atomic E-state index is -0.00621. The molecule has 0 aliphatic heterocycles. The molecule has 2 aromatic rings. The first-order valence-electron chi connectivity index (χ1n) is 5.62. The summed E-state index contributed by atoms with van der Waals surface area (Å²) >= 11 is 7.48. The first-order chi connectivity index (χ1) is 8.69. The summed E-state index contributed by atoms with van der Waals surface area (Å²) in [7, 11) is 0. The number of ether oxygens (including phenoxy) is 1. The molecule has 1 aromatic heterocycles. The standard InChI is InChI=1S/C13H14ClNO2S/c1-9-6-11(2-3-12(9)14)17-5-4-13-15-10(7-16)8-18-13/h2-3,6,8,16H,4-5,7H2,1H3. The van der Waals surface area contributed by atoms with Gasteiger partial charge in [0.25, 0.3) is 0 Å². The number of aliphatic hydroxyl groups is 1. The molecule has 18 heavy (non-hydrogen) atoms. The number of hydrogen-bond acceptors (Lipinski definition) is 4. The van der Waals surface area contributed by atoms with Gasteiger partial charge in [0.2, 0.25) is 0 Å². The van der Waals surface area contributed by atoms with Crippen LogP contribution in [0.3, 0.4) is 0 Å². The summed E-state index contributed by atoms with van der Waals surface area (Å²) in [6.07, 6.45) is 0.742. The second kappa shape index (κ2) is 6.18. The number of aromatic nitrogens is 1. The second-order valence-electron chi connectivity index (χ2n) is 3.90. The first kappa shape index (κ1) is 13.3. The molecule has 0 unspecified atom stereocenters. The maximum Gasteiger partial charge on any atom is 0.119 e. The van der Waals surface area contributed by atoms with Crippen LogP contribution in [-0.2, 0) is 13.0 Å². The van der Waals surface area contributed by atoms with Crippen LogP contribution in [0.4, 0.5) is 0 Å². The third-order valence-corrected chi connectivity index (χ3v) is 3.86. The zero-order valence-corrected chi connectivity index (χ0v) is 11.6. The number of halogens is 1. The summed E-state index contributed by atoms with van der Waals surface area (Å²) in [4.78, 5) is 4.26. The number of aliphatic hydroxyl groups excluding tert-OH is 1. The third-order valence-electron chi connectivity index (χ3n) is 2.48. The molecule has 1 aromatic carbocycles.